The second-order valence-corrected chi connectivity index (χ2v) is 9.76. The lowest BCUT2D eigenvalue weighted by Gasteiger charge is -2.55. The van der Waals surface area contributed by atoms with Gasteiger partial charge in [0.05, 0.1) is 11.5 Å². The molecule has 4 rings (SSSR count). The molecule has 4 atom stereocenters. The maximum atomic E-state index is 13.8. The zero-order valence-electron chi connectivity index (χ0n) is 20.7. The number of esters is 1. The molecule has 0 radical (unpaired) electrons. The van der Waals surface area contributed by atoms with Gasteiger partial charge in [0.15, 0.2) is 6.10 Å². The number of amides is 1. The molecule has 194 valence electrons. The van der Waals surface area contributed by atoms with Crippen molar-refractivity contribution in [1.29, 1.82) is 0 Å². The average molecular weight is 530 g/mol. The number of aldehydes is 1. The molecule has 0 bridgehead atoms. The standard InChI is InChI=1S/C29H27N3O5S/c1-19(2)25(29(35)37-26(21-14-8-4-9-15-21)22-16-10-5-11-17-22)32-27(30-23(34)18-33)24(28(32)38-31-36)20-12-6-3-7-13-20/h3-18,24-28H,1H2,2H3,(H,30,34). The number of nitroso groups, excluding NO2 is 1. The second kappa shape index (κ2) is 12.4. The summed E-state index contributed by atoms with van der Waals surface area (Å²) < 4.78 is 9.14. The third-order valence-corrected chi connectivity index (χ3v) is 7.26. The second-order valence-electron chi connectivity index (χ2n) is 8.91. The van der Waals surface area contributed by atoms with Gasteiger partial charge in [-0.25, -0.2) is 4.79 Å². The predicted octanol–water partition coefficient (Wildman–Crippen LogP) is 4.75. The summed E-state index contributed by atoms with van der Waals surface area (Å²) in [6, 6.07) is 26.9. The van der Waals surface area contributed by atoms with Crippen LogP contribution < -0.4 is 5.32 Å². The Hall–Kier alpha value is -4.08. The Kier molecular flexibility index (Phi) is 8.83. The van der Waals surface area contributed by atoms with Crippen LogP contribution in [0.25, 0.3) is 0 Å². The molecule has 3 aromatic carbocycles. The van der Waals surface area contributed by atoms with Crippen molar-refractivity contribution >= 4 is 30.1 Å². The van der Waals surface area contributed by atoms with E-state index in [1.807, 2.05) is 91.0 Å². The number of carbonyl (C=O) groups excluding carboxylic acids is 3. The Labute approximate surface area is 225 Å². The summed E-state index contributed by atoms with van der Waals surface area (Å²) in [6.07, 6.45) is -1.31. The zero-order valence-corrected chi connectivity index (χ0v) is 21.5. The van der Waals surface area contributed by atoms with Crippen molar-refractivity contribution in [1.82, 2.24) is 10.2 Å². The molecule has 3 aromatic rings. The van der Waals surface area contributed by atoms with Crippen molar-refractivity contribution in [2.45, 2.75) is 36.5 Å². The molecule has 38 heavy (non-hydrogen) atoms. The van der Waals surface area contributed by atoms with Gasteiger partial charge in [-0.3, -0.25) is 14.5 Å². The van der Waals surface area contributed by atoms with Gasteiger partial charge in [-0.15, -0.1) is 4.91 Å². The molecule has 0 aliphatic carbocycles. The van der Waals surface area contributed by atoms with Gasteiger partial charge in [-0.1, -0.05) is 103 Å². The summed E-state index contributed by atoms with van der Waals surface area (Å²) in [5, 5.41) is 2.06. The third-order valence-electron chi connectivity index (χ3n) is 6.42. The maximum Gasteiger partial charge on any atom is 0.328 e. The molecular formula is C29H27N3O5S. The monoisotopic (exact) mass is 529 g/mol. The number of carbonyl (C=O) groups is 3. The van der Waals surface area contributed by atoms with Gasteiger partial charge < -0.3 is 10.1 Å². The molecule has 0 aromatic heterocycles. The maximum absolute atomic E-state index is 13.8. The molecule has 4 unspecified atom stereocenters. The van der Waals surface area contributed by atoms with E-state index in [2.05, 4.69) is 16.5 Å². The molecular weight excluding hydrogens is 502 g/mol. The van der Waals surface area contributed by atoms with Gasteiger partial charge in [-0.2, -0.15) is 0 Å². The first kappa shape index (κ1) is 27.0. The lowest BCUT2D eigenvalue weighted by molar-refractivity contribution is -0.159. The normalized spacial score (nSPS) is 19.6. The van der Waals surface area contributed by atoms with Crippen molar-refractivity contribution < 1.29 is 19.1 Å². The largest absolute Gasteiger partial charge is 0.451 e. The van der Waals surface area contributed by atoms with Crippen LogP contribution in [0.3, 0.4) is 0 Å². The number of rotatable bonds is 11. The molecule has 1 fully saturated rings. The number of nitrogens with zero attached hydrogens (tertiary/aromatic N) is 2. The van der Waals surface area contributed by atoms with E-state index >= 15 is 0 Å². The fourth-order valence-corrected chi connectivity index (χ4v) is 5.65. The van der Waals surface area contributed by atoms with Crippen LogP contribution in [0, 0.1) is 4.91 Å². The average Bonchev–Trinajstić information content (AvgIpc) is 2.94. The highest BCUT2D eigenvalue weighted by Crippen LogP contribution is 2.48. The van der Waals surface area contributed by atoms with Gasteiger partial charge >= 0.3 is 5.97 Å². The van der Waals surface area contributed by atoms with Crippen molar-refractivity contribution in [2.75, 3.05) is 0 Å². The van der Waals surface area contributed by atoms with E-state index < -0.39 is 41.5 Å². The minimum atomic E-state index is -1.03. The quantitative estimate of drug-likeness (QED) is 0.0955. The van der Waals surface area contributed by atoms with Crippen molar-refractivity contribution in [3.8, 4) is 0 Å². The Morgan fingerprint density at radius 2 is 1.50 bits per heavy atom. The summed E-state index contributed by atoms with van der Waals surface area (Å²) in [5.74, 6) is -1.87. The molecule has 8 nitrogen and oxygen atoms in total. The van der Waals surface area contributed by atoms with Gasteiger partial charge in [0, 0.05) is 22.4 Å². The van der Waals surface area contributed by atoms with Crippen LogP contribution in [-0.4, -0.2) is 40.6 Å². The lowest BCUT2D eigenvalue weighted by Crippen LogP contribution is -2.71. The number of likely N-dealkylation sites (tertiary alicyclic amines) is 1. The molecule has 0 spiro atoms. The predicted molar refractivity (Wildman–Crippen MR) is 146 cm³/mol. The molecule has 9 heteroatoms. The molecule has 1 aliphatic rings. The van der Waals surface area contributed by atoms with Crippen LogP contribution in [0.4, 0.5) is 0 Å². The molecule has 1 aliphatic heterocycles. The fourth-order valence-electron chi connectivity index (χ4n) is 4.76. The van der Waals surface area contributed by atoms with Crippen LogP contribution in [0.5, 0.6) is 0 Å². The van der Waals surface area contributed by atoms with E-state index in [0.717, 1.165) is 28.6 Å². The van der Waals surface area contributed by atoms with Crippen LogP contribution in [0.1, 0.15) is 35.6 Å². The van der Waals surface area contributed by atoms with Crippen LogP contribution in [0.2, 0.25) is 0 Å². The van der Waals surface area contributed by atoms with E-state index in [0.29, 0.717) is 5.57 Å². The van der Waals surface area contributed by atoms with Gasteiger partial charge in [-0.05, 0) is 23.6 Å². The SMILES string of the molecule is C=C(C)C(C(=O)OC(c1ccccc1)c1ccccc1)N1C(NC(=O)C=O)C(c2ccccc2)C1SN=O. The van der Waals surface area contributed by atoms with E-state index in [9.17, 15) is 19.3 Å². The molecule has 1 N–H and O–H groups in total. The highest BCUT2D eigenvalue weighted by Gasteiger charge is 2.56. The Morgan fingerprint density at radius 3 is 1.97 bits per heavy atom. The minimum absolute atomic E-state index is 0.174. The van der Waals surface area contributed by atoms with E-state index in [1.165, 1.54) is 0 Å². The Balaban J connectivity index is 1.70. The first-order valence-electron chi connectivity index (χ1n) is 12.0. The topological polar surface area (TPSA) is 105 Å². The highest BCUT2D eigenvalue weighted by molar-refractivity contribution is 7.98. The van der Waals surface area contributed by atoms with Crippen molar-refractivity contribution in [3.63, 3.8) is 0 Å². The first-order chi connectivity index (χ1) is 18.5. The van der Waals surface area contributed by atoms with E-state index in [1.54, 1.807) is 11.8 Å². The Morgan fingerprint density at radius 1 is 0.974 bits per heavy atom. The Bertz CT molecular complexity index is 1250. The minimum Gasteiger partial charge on any atom is -0.451 e. The van der Waals surface area contributed by atoms with Gasteiger partial charge in [0.2, 0.25) is 6.29 Å². The summed E-state index contributed by atoms with van der Waals surface area (Å²) in [5.41, 5.74) is 2.83. The summed E-state index contributed by atoms with van der Waals surface area (Å²) in [6.45, 7) is 5.69. The van der Waals surface area contributed by atoms with Crippen molar-refractivity contribution in [3.05, 3.63) is 125 Å². The van der Waals surface area contributed by atoms with Crippen molar-refractivity contribution in [2.24, 2.45) is 4.58 Å². The fraction of sp³-hybridized carbons (Fsp3) is 0.207. The van der Waals surface area contributed by atoms with E-state index in [-0.39, 0.29) is 6.29 Å². The summed E-state index contributed by atoms with van der Waals surface area (Å²) in [4.78, 5) is 50.3. The third kappa shape index (κ3) is 5.74. The highest BCUT2D eigenvalue weighted by atomic mass is 32.2. The van der Waals surface area contributed by atoms with Crippen LogP contribution in [-0.2, 0) is 19.1 Å². The van der Waals surface area contributed by atoms with E-state index in [4.69, 9.17) is 4.74 Å². The summed E-state index contributed by atoms with van der Waals surface area (Å²) >= 11 is 0.749. The van der Waals surface area contributed by atoms with Gasteiger partial charge in [0.1, 0.15) is 6.04 Å². The number of benzene rings is 3. The first-order valence-corrected chi connectivity index (χ1v) is 12.8. The zero-order chi connectivity index (χ0) is 27.1. The number of ether oxygens (including phenoxy) is 1. The smallest absolute Gasteiger partial charge is 0.328 e. The number of hydrogen-bond donors (Lipinski definition) is 1. The molecule has 1 saturated heterocycles. The van der Waals surface area contributed by atoms with Crippen LogP contribution >= 0.6 is 11.9 Å². The molecule has 1 amide bonds. The molecule has 0 saturated carbocycles. The summed E-state index contributed by atoms with van der Waals surface area (Å²) in [7, 11) is 0. The van der Waals surface area contributed by atoms with Crippen LogP contribution in [0.15, 0.2) is 108 Å². The number of nitrogens with one attached hydrogen (secondary N) is 1. The van der Waals surface area contributed by atoms with Gasteiger partial charge in [0.25, 0.3) is 5.91 Å². The number of hydrogen-bond acceptors (Lipinski definition) is 8. The lowest BCUT2D eigenvalue weighted by atomic mass is 9.84. The molecule has 1 heterocycles.